The molecule has 74 valence electrons. The summed E-state index contributed by atoms with van der Waals surface area (Å²) < 4.78 is 1.92. The standard InChI is InChI=1S/C9H15ClN2O/c1-6(2)12-4-7(3-9(12)10)8(11)5-13/h3-4,6,8,13H,5,11H2,1-2H3. The van der Waals surface area contributed by atoms with Crippen molar-refractivity contribution >= 4 is 11.6 Å². The second-order valence-electron chi connectivity index (χ2n) is 3.39. The molecular formula is C9H15ClN2O. The summed E-state index contributed by atoms with van der Waals surface area (Å²) in [5.74, 6) is 0. The van der Waals surface area contributed by atoms with Crippen molar-refractivity contribution < 1.29 is 5.11 Å². The van der Waals surface area contributed by atoms with Gasteiger partial charge >= 0.3 is 0 Å². The first-order valence-corrected chi connectivity index (χ1v) is 4.67. The Labute approximate surface area is 83.1 Å². The van der Waals surface area contributed by atoms with Gasteiger partial charge in [-0.15, -0.1) is 0 Å². The van der Waals surface area contributed by atoms with Crippen molar-refractivity contribution in [2.24, 2.45) is 5.73 Å². The van der Waals surface area contributed by atoms with E-state index in [4.69, 9.17) is 22.4 Å². The molecule has 0 aromatic carbocycles. The molecule has 0 radical (unpaired) electrons. The zero-order valence-corrected chi connectivity index (χ0v) is 8.62. The van der Waals surface area contributed by atoms with Gasteiger partial charge < -0.3 is 15.4 Å². The van der Waals surface area contributed by atoms with Gasteiger partial charge in [0.05, 0.1) is 12.6 Å². The minimum Gasteiger partial charge on any atom is -0.394 e. The Hall–Kier alpha value is -0.510. The van der Waals surface area contributed by atoms with Crippen molar-refractivity contribution in [3.05, 3.63) is 23.0 Å². The van der Waals surface area contributed by atoms with E-state index < -0.39 is 0 Å². The molecule has 1 atom stereocenters. The van der Waals surface area contributed by atoms with Crippen LogP contribution in [-0.2, 0) is 0 Å². The molecule has 3 nitrogen and oxygen atoms in total. The van der Waals surface area contributed by atoms with Gasteiger partial charge in [0, 0.05) is 12.2 Å². The van der Waals surface area contributed by atoms with Crippen LogP contribution in [0.3, 0.4) is 0 Å². The van der Waals surface area contributed by atoms with Crippen LogP contribution in [0.2, 0.25) is 5.15 Å². The summed E-state index contributed by atoms with van der Waals surface area (Å²) in [6.45, 7) is 4.03. The number of nitrogens with zero attached hydrogens (tertiary/aromatic N) is 1. The van der Waals surface area contributed by atoms with E-state index in [-0.39, 0.29) is 12.6 Å². The topological polar surface area (TPSA) is 51.2 Å². The minimum atomic E-state index is -0.336. The van der Waals surface area contributed by atoms with Crippen molar-refractivity contribution in [2.75, 3.05) is 6.61 Å². The predicted molar refractivity (Wildman–Crippen MR) is 53.8 cm³/mol. The number of rotatable bonds is 3. The van der Waals surface area contributed by atoms with Crippen LogP contribution in [0, 0.1) is 0 Å². The van der Waals surface area contributed by atoms with Crippen LogP contribution in [0.5, 0.6) is 0 Å². The van der Waals surface area contributed by atoms with E-state index in [0.29, 0.717) is 11.2 Å². The van der Waals surface area contributed by atoms with E-state index in [9.17, 15) is 0 Å². The van der Waals surface area contributed by atoms with Crippen LogP contribution >= 0.6 is 11.6 Å². The number of hydrogen-bond acceptors (Lipinski definition) is 2. The number of aromatic nitrogens is 1. The highest BCUT2D eigenvalue weighted by atomic mass is 35.5. The Bertz CT molecular complexity index is 283. The van der Waals surface area contributed by atoms with E-state index in [1.807, 2.05) is 24.6 Å². The van der Waals surface area contributed by atoms with Gasteiger partial charge in [0.15, 0.2) is 0 Å². The fourth-order valence-electron chi connectivity index (χ4n) is 1.18. The van der Waals surface area contributed by atoms with Crippen molar-refractivity contribution in [1.82, 2.24) is 4.57 Å². The van der Waals surface area contributed by atoms with Gasteiger partial charge in [0.2, 0.25) is 0 Å². The molecule has 0 spiro atoms. The maximum Gasteiger partial charge on any atom is 0.109 e. The molecule has 0 bridgehead atoms. The first-order valence-electron chi connectivity index (χ1n) is 4.30. The van der Waals surface area contributed by atoms with Crippen LogP contribution in [0.15, 0.2) is 12.3 Å². The monoisotopic (exact) mass is 202 g/mol. The van der Waals surface area contributed by atoms with Crippen molar-refractivity contribution in [3.63, 3.8) is 0 Å². The first kappa shape index (κ1) is 10.6. The van der Waals surface area contributed by atoms with Gasteiger partial charge in [-0.25, -0.2) is 0 Å². The molecule has 0 amide bonds. The molecule has 1 aromatic rings. The SMILES string of the molecule is CC(C)n1cc(C(N)CO)cc1Cl. The summed E-state index contributed by atoms with van der Waals surface area (Å²) in [7, 11) is 0. The Kier molecular flexibility index (Phi) is 3.36. The fourth-order valence-corrected chi connectivity index (χ4v) is 1.55. The summed E-state index contributed by atoms with van der Waals surface area (Å²) in [5.41, 5.74) is 6.53. The maximum absolute atomic E-state index is 8.85. The molecule has 3 N–H and O–H groups in total. The van der Waals surface area contributed by atoms with Crippen LogP contribution in [0.1, 0.15) is 31.5 Å². The summed E-state index contributed by atoms with van der Waals surface area (Å²) >= 11 is 5.97. The average Bonchev–Trinajstić information content (AvgIpc) is 2.46. The molecule has 4 heteroatoms. The third-order valence-corrected chi connectivity index (χ3v) is 2.31. The lowest BCUT2D eigenvalue weighted by Gasteiger charge is -2.08. The Morgan fingerprint density at radius 3 is 2.62 bits per heavy atom. The average molecular weight is 203 g/mol. The second kappa shape index (κ2) is 4.13. The van der Waals surface area contributed by atoms with E-state index in [2.05, 4.69) is 0 Å². The molecule has 0 aliphatic carbocycles. The Morgan fingerprint density at radius 2 is 2.23 bits per heavy atom. The number of aliphatic hydroxyl groups is 1. The lowest BCUT2D eigenvalue weighted by Crippen LogP contribution is -2.13. The molecule has 1 unspecified atom stereocenters. The third kappa shape index (κ3) is 2.24. The largest absolute Gasteiger partial charge is 0.394 e. The van der Waals surface area contributed by atoms with E-state index in [0.717, 1.165) is 5.56 Å². The van der Waals surface area contributed by atoms with Gasteiger partial charge in [-0.2, -0.15) is 0 Å². The molecule has 1 rings (SSSR count). The Balaban J connectivity index is 2.95. The number of hydrogen-bond donors (Lipinski definition) is 2. The fraction of sp³-hybridized carbons (Fsp3) is 0.556. The van der Waals surface area contributed by atoms with Crippen LogP contribution in [0.4, 0.5) is 0 Å². The van der Waals surface area contributed by atoms with Gasteiger partial charge in [0.25, 0.3) is 0 Å². The summed E-state index contributed by atoms with van der Waals surface area (Å²) in [5, 5.41) is 9.51. The molecule has 1 heterocycles. The van der Waals surface area contributed by atoms with E-state index in [1.165, 1.54) is 0 Å². The van der Waals surface area contributed by atoms with Crippen molar-refractivity contribution in [1.29, 1.82) is 0 Å². The molecule has 1 aromatic heterocycles. The molecule has 0 fully saturated rings. The van der Waals surface area contributed by atoms with Gasteiger partial charge in [-0.1, -0.05) is 11.6 Å². The molecule has 0 aliphatic heterocycles. The smallest absolute Gasteiger partial charge is 0.109 e. The predicted octanol–water partition coefficient (Wildman–Crippen LogP) is 1.71. The first-order chi connectivity index (χ1) is 6.06. The number of nitrogens with two attached hydrogens (primary N) is 1. The lowest BCUT2D eigenvalue weighted by atomic mass is 10.2. The normalized spacial score (nSPS) is 13.7. The number of aliphatic hydroxyl groups excluding tert-OH is 1. The van der Waals surface area contributed by atoms with E-state index >= 15 is 0 Å². The van der Waals surface area contributed by atoms with Crippen molar-refractivity contribution in [2.45, 2.75) is 25.9 Å². The highest BCUT2D eigenvalue weighted by Gasteiger charge is 2.11. The van der Waals surface area contributed by atoms with Gasteiger partial charge in [-0.05, 0) is 25.5 Å². The maximum atomic E-state index is 8.85. The molecule has 0 aliphatic rings. The van der Waals surface area contributed by atoms with E-state index in [1.54, 1.807) is 6.07 Å². The minimum absolute atomic E-state index is 0.0571. The van der Waals surface area contributed by atoms with Gasteiger partial charge in [-0.3, -0.25) is 0 Å². The zero-order chi connectivity index (χ0) is 10.0. The van der Waals surface area contributed by atoms with Crippen LogP contribution < -0.4 is 5.73 Å². The summed E-state index contributed by atoms with van der Waals surface area (Å²) in [6, 6.07) is 1.77. The molecule has 13 heavy (non-hydrogen) atoms. The van der Waals surface area contributed by atoms with Gasteiger partial charge in [0.1, 0.15) is 5.15 Å². The lowest BCUT2D eigenvalue weighted by molar-refractivity contribution is 0.268. The highest BCUT2D eigenvalue weighted by Crippen LogP contribution is 2.22. The molecule has 0 saturated carbocycles. The molecule has 0 saturated heterocycles. The highest BCUT2D eigenvalue weighted by molar-refractivity contribution is 6.29. The van der Waals surface area contributed by atoms with Crippen LogP contribution in [-0.4, -0.2) is 16.3 Å². The zero-order valence-electron chi connectivity index (χ0n) is 7.87. The third-order valence-electron chi connectivity index (χ3n) is 2.00. The number of halogens is 1. The van der Waals surface area contributed by atoms with Crippen LogP contribution in [0.25, 0.3) is 0 Å². The second-order valence-corrected chi connectivity index (χ2v) is 3.77. The quantitative estimate of drug-likeness (QED) is 0.784. The Morgan fingerprint density at radius 1 is 1.62 bits per heavy atom. The summed E-state index contributed by atoms with van der Waals surface area (Å²) in [4.78, 5) is 0. The molecular weight excluding hydrogens is 188 g/mol. The summed E-state index contributed by atoms with van der Waals surface area (Å²) in [6.07, 6.45) is 1.88. The van der Waals surface area contributed by atoms with Crippen molar-refractivity contribution in [3.8, 4) is 0 Å².